The van der Waals surface area contributed by atoms with Crippen LogP contribution in [0.25, 0.3) is 5.52 Å². The van der Waals surface area contributed by atoms with Crippen molar-refractivity contribution in [2.75, 3.05) is 19.7 Å². The molecule has 3 atom stereocenters. The number of piperidine rings is 1. The topological polar surface area (TPSA) is 67.7 Å². The molecular formula is C18H22N4O2. The first kappa shape index (κ1) is 14.3. The lowest BCUT2D eigenvalue weighted by atomic mass is 10.0. The molecule has 0 bridgehead atoms. The average Bonchev–Trinajstić information content (AvgIpc) is 2.90. The first-order chi connectivity index (χ1) is 11.6. The Kier molecular flexibility index (Phi) is 2.81. The summed E-state index contributed by atoms with van der Waals surface area (Å²) in [5.41, 5.74) is 1.57. The minimum atomic E-state index is -0.522. The van der Waals surface area contributed by atoms with Gasteiger partial charge in [0.1, 0.15) is 17.1 Å². The lowest BCUT2D eigenvalue weighted by molar-refractivity contribution is -0.124. The van der Waals surface area contributed by atoms with Crippen molar-refractivity contribution >= 4 is 11.4 Å². The number of nitrogens with zero attached hydrogens (tertiary/aromatic N) is 2. The summed E-state index contributed by atoms with van der Waals surface area (Å²) in [5, 5.41) is 6.58. The third kappa shape index (κ3) is 1.92. The maximum absolute atomic E-state index is 12.7. The summed E-state index contributed by atoms with van der Waals surface area (Å²) in [6.45, 7) is 6.67. The van der Waals surface area contributed by atoms with Crippen molar-refractivity contribution < 1.29 is 9.53 Å². The maximum atomic E-state index is 12.7. The fourth-order valence-electron chi connectivity index (χ4n) is 4.42. The second kappa shape index (κ2) is 4.72. The largest absolute Gasteiger partial charge is 0.491 e. The SMILES string of the molecule is CC(C)(NC(=O)[C@H]1C2CNC[C@@H]21)c1nc2c3c(cccn13)OCC2. The normalized spacial score (nSPS) is 27.7. The minimum Gasteiger partial charge on any atom is -0.491 e. The Morgan fingerprint density at radius 2 is 2.21 bits per heavy atom. The third-order valence-corrected chi connectivity index (χ3v) is 5.69. The molecule has 1 unspecified atom stereocenters. The van der Waals surface area contributed by atoms with Crippen LogP contribution in [0.4, 0.5) is 0 Å². The fourth-order valence-corrected chi connectivity index (χ4v) is 4.42. The van der Waals surface area contributed by atoms with Crippen molar-refractivity contribution in [3.05, 3.63) is 29.8 Å². The Hall–Kier alpha value is -2.08. The number of amides is 1. The van der Waals surface area contributed by atoms with Gasteiger partial charge in [-0.1, -0.05) is 0 Å². The summed E-state index contributed by atoms with van der Waals surface area (Å²) in [4.78, 5) is 17.6. The standard InChI is InChI=1S/C18H22N4O2/c1-18(2,21-16(23)14-10-8-19-9-11(10)14)17-20-12-5-7-24-13-4-3-6-22(17)15(12)13/h3-4,6,10-11,14,19H,5,7-9H2,1-2H3,(H,21,23)/t10-,11?,14+/m0/s1. The average molecular weight is 326 g/mol. The number of carbonyl (C=O) groups excluding carboxylic acids is 1. The molecule has 5 rings (SSSR count). The van der Waals surface area contributed by atoms with Gasteiger partial charge < -0.3 is 15.4 Å². The highest BCUT2D eigenvalue weighted by Gasteiger charge is 2.57. The summed E-state index contributed by atoms with van der Waals surface area (Å²) in [7, 11) is 0. The second-order valence-corrected chi connectivity index (χ2v) is 7.70. The quantitative estimate of drug-likeness (QED) is 0.886. The molecule has 6 nitrogen and oxygen atoms in total. The molecule has 1 saturated carbocycles. The molecule has 0 aromatic carbocycles. The van der Waals surface area contributed by atoms with Gasteiger partial charge in [-0.25, -0.2) is 4.98 Å². The van der Waals surface area contributed by atoms with Crippen LogP contribution in [0, 0.1) is 17.8 Å². The Morgan fingerprint density at radius 3 is 3.00 bits per heavy atom. The Bertz CT molecular complexity index is 831. The first-order valence-electron chi connectivity index (χ1n) is 8.72. The lowest BCUT2D eigenvalue weighted by Crippen LogP contribution is -2.44. The monoisotopic (exact) mass is 326 g/mol. The molecule has 0 spiro atoms. The van der Waals surface area contributed by atoms with Crippen molar-refractivity contribution in [3.63, 3.8) is 0 Å². The highest BCUT2D eigenvalue weighted by atomic mass is 16.5. The van der Waals surface area contributed by atoms with E-state index < -0.39 is 5.54 Å². The molecule has 2 N–H and O–H groups in total. The predicted octanol–water partition coefficient (Wildman–Crippen LogP) is 1.09. The first-order valence-corrected chi connectivity index (χ1v) is 8.72. The number of imidazole rings is 1. The molecule has 1 aliphatic carbocycles. The van der Waals surface area contributed by atoms with Gasteiger partial charge in [-0.3, -0.25) is 9.20 Å². The van der Waals surface area contributed by atoms with Crippen LogP contribution in [0.3, 0.4) is 0 Å². The van der Waals surface area contributed by atoms with E-state index in [0.29, 0.717) is 18.4 Å². The van der Waals surface area contributed by atoms with Crippen molar-refractivity contribution in [1.29, 1.82) is 0 Å². The number of hydrogen-bond acceptors (Lipinski definition) is 4. The van der Waals surface area contributed by atoms with Gasteiger partial charge in [0, 0.05) is 18.5 Å². The van der Waals surface area contributed by atoms with E-state index in [0.717, 1.165) is 42.3 Å². The number of ether oxygens (including phenoxy) is 1. The van der Waals surface area contributed by atoms with E-state index in [1.165, 1.54) is 0 Å². The number of carbonyl (C=O) groups is 1. The molecule has 0 radical (unpaired) electrons. The van der Waals surface area contributed by atoms with E-state index in [1.807, 2.05) is 32.2 Å². The van der Waals surface area contributed by atoms with Gasteiger partial charge >= 0.3 is 0 Å². The Labute approximate surface area is 140 Å². The zero-order chi connectivity index (χ0) is 16.5. The van der Waals surface area contributed by atoms with Crippen LogP contribution in [0.2, 0.25) is 0 Å². The summed E-state index contributed by atoms with van der Waals surface area (Å²) in [6.07, 6.45) is 2.81. The van der Waals surface area contributed by atoms with Crippen LogP contribution in [-0.4, -0.2) is 35.0 Å². The van der Waals surface area contributed by atoms with E-state index in [9.17, 15) is 4.79 Å². The molecule has 2 aromatic heterocycles. The molecule has 4 heterocycles. The molecule has 6 heteroatoms. The van der Waals surface area contributed by atoms with Crippen LogP contribution in [0.15, 0.2) is 18.3 Å². The van der Waals surface area contributed by atoms with Gasteiger partial charge in [0.25, 0.3) is 0 Å². The highest BCUT2D eigenvalue weighted by Crippen LogP contribution is 2.49. The number of hydrogen-bond donors (Lipinski definition) is 2. The van der Waals surface area contributed by atoms with Crippen LogP contribution >= 0.6 is 0 Å². The number of pyridine rings is 1. The van der Waals surface area contributed by atoms with Crippen LogP contribution in [-0.2, 0) is 16.8 Å². The molecule has 3 aliphatic rings. The zero-order valence-electron chi connectivity index (χ0n) is 14.0. The van der Waals surface area contributed by atoms with E-state index >= 15 is 0 Å². The Morgan fingerprint density at radius 1 is 1.42 bits per heavy atom. The van der Waals surface area contributed by atoms with Crippen molar-refractivity contribution in [2.45, 2.75) is 25.8 Å². The van der Waals surface area contributed by atoms with Crippen molar-refractivity contribution in [1.82, 2.24) is 20.0 Å². The van der Waals surface area contributed by atoms with E-state index in [4.69, 9.17) is 9.72 Å². The number of nitrogens with one attached hydrogen (secondary N) is 2. The van der Waals surface area contributed by atoms with Gasteiger partial charge in [0.2, 0.25) is 5.91 Å². The Balaban J connectivity index is 1.48. The smallest absolute Gasteiger partial charge is 0.224 e. The summed E-state index contributed by atoms with van der Waals surface area (Å²) < 4.78 is 7.81. The van der Waals surface area contributed by atoms with Crippen LogP contribution in [0.5, 0.6) is 5.75 Å². The van der Waals surface area contributed by atoms with Gasteiger partial charge in [-0.2, -0.15) is 0 Å². The fraction of sp³-hybridized carbons (Fsp3) is 0.556. The number of rotatable bonds is 3. The summed E-state index contributed by atoms with van der Waals surface area (Å²) in [5.74, 6) is 3.13. The highest BCUT2D eigenvalue weighted by molar-refractivity contribution is 5.83. The second-order valence-electron chi connectivity index (χ2n) is 7.70. The molecule has 126 valence electrons. The third-order valence-electron chi connectivity index (χ3n) is 5.69. The van der Waals surface area contributed by atoms with Gasteiger partial charge in [-0.05, 0) is 50.9 Å². The van der Waals surface area contributed by atoms with E-state index in [1.54, 1.807) is 0 Å². The molecule has 2 aliphatic heterocycles. The number of aromatic nitrogens is 2. The maximum Gasteiger partial charge on any atom is 0.224 e. The molecule has 1 amide bonds. The van der Waals surface area contributed by atoms with Gasteiger partial charge in [0.15, 0.2) is 0 Å². The van der Waals surface area contributed by atoms with Crippen LogP contribution in [0.1, 0.15) is 25.4 Å². The molecule has 2 fully saturated rings. The molecule has 2 aromatic rings. The number of fused-ring (bicyclic) bond motifs is 1. The summed E-state index contributed by atoms with van der Waals surface area (Å²) >= 11 is 0. The van der Waals surface area contributed by atoms with E-state index in [-0.39, 0.29) is 11.8 Å². The van der Waals surface area contributed by atoms with E-state index in [2.05, 4.69) is 15.0 Å². The lowest BCUT2D eigenvalue weighted by Gasteiger charge is -2.25. The zero-order valence-corrected chi connectivity index (χ0v) is 14.0. The van der Waals surface area contributed by atoms with Gasteiger partial charge in [0.05, 0.1) is 17.8 Å². The van der Waals surface area contributed by atoms with Crippen LogP contribution < -0.4 is 15.4 Å². The predicted molar refractivity (Wildman–Crippen MR) is 88.9 cm³/mol. The molecule has 24 heavy (non-hydrogen) atoms. The minimum absolute atomic E-state index is 0.164. The van der Waals surface area contributed by atoms with Crippen molar-refractivity contribution in [3.8, 4) is 5.75 Å². The molecule has 1 saturated heterocycles. The molecular weight excluding hydrogens is 304 g/mol. The summed E-state index contributed by atoms with van der Waals surface area (Å²) in [6, 6.07) is 3.95. The van der Waals surface area contributed by atoms with Gasteiger partial charge in [-0.15, -0.1) is 0 Å². The van der Waals surface area contributed by atoms with Crippen molar-refractivity contribution in [2.24, 2.45) is 17.8 Å².